The Hall–Kier alpha value is -1.85. The van der Waals surface area contributed by atoms with E-state index in [9.17, 15) is 0 Å². The number of fused-ring (bicyclic) bond motifs is 1. The van der Waals surface area contributed by atoms with Crippen molar-refractivity contribution in [1.82, 2.24) is 9.88 Å². The summed E-state index contributed by atoms with van der Waals surface area (Å²) in [5.41, 5.74) is 6.20. The molecule has 2 heterocycles. The Morgan fingerprint density at radius 1 is 1.52 bits per heavy atom. The zero-order valence-electron chi connectivity index (χ0n) is 12.7. The minimum absolute atomic E-state index is 0.487. The van der Waals surface area contributed by atoms with E-state index in [0.29, 0.717) is 18.2 Å². The van der Waals surface area contributed by atoms with Crippen LogP contribution < -0.4 is 21.0 Å². The van der Waals surface area contributed by atoms with Gasteiger partial charge in [0.1, 0.15) is 6.61 Å². The largest absolute Gasteiger partial charge is 0.476 e. The van der Waals surface area contributed by atoms with Gasteiger partial charge in [-0.25, -0.2) is 4.98 Å². The third-order valence-corrected chi connectivity index (χ3v) is 3.97. The molecule has 21 heavy (non-hydrogen) atoms. The van der Waals surface area contributed by atoms with Gasteiger partial charge in [-0.05, 0) is 38.5 Å². The van der Waals surface area contributed by atoms with Crippen LogP contribution in [0.4, 0.5) is 0 Å². The van der Waals surface area contributed by atoms with Crippen molar-refractivity contribution in [3.8, 4) is 5.88 Å². The molecule has 2 rings (SSSR count). The van der Waals surface area contributed by atoms with Gasteiger partial charge in [-0.1, -0.05) is 12.7 Å². The van der Waals surface area contributed by atoms with E-state index < -0.39 is 0 Å². The number of nitrogens with two attached hydrogens (primary N) is 1. The monoisotopic (exact) mass is 303 g/mol. The van der Waals surface area contributed by atoms with Crippen molar-refractivity contribution in [3.05, 3.63) is 34.3 Å². The maximum atomic E-state index is 5.86. The zero-order valence-corrected chi connectivity index (χ0v) is 13.5. The third kappa shape index (κ3) is 3.62. The summed E-state index contributed by atoms with van der Waals surface area (Å²) < 4.78 is 7.03. The normalized spacial score (nSPS) is 13.3. The van der Waals surface area contributed by atoms with E-state index in [1.807, 2.05) is 33.2 Å². The molecule has 5 heteroatoms. The summed E-state index contributed by atoms with van der Waals surface area (Å²) >= 11 is 1.68. The maximum Gasteiger partial charge on any atom is 0.222 e. The van der Waals surface area contributed by atoms with Crippen molar-refractivity contribution >= 4 is 33.6 Å². The van der Waals surface area contributed by atoms with Crippen molar-refractivity contribution in [3.63, 3.8) is 0 Å². The van der Waals surface area contributed by atoms with Crippen LogP contribution in [0.1, 0.15) is 6.92 Å². The second kappa shape index (κ2) is 6.74. The average Bonchev–Trinajstić information content (AvgIpc) is 2.87. The summed E-state index contributed by atoms with van der Waals surface area (Å²) in [4.78, 5) is 6.70. The first kappa shape index (κ1) is 15.5. The van der Waals surface area contributed by atoms with Crippen molar-refractivity contribution < 1.29 is 4.74 Å². The van der Waals surface area contributed by atoms with E-state index in [2.05, 4.69) is 21.8 Å². The predicted molar refractivity (Wildman–Crippen MR) is 90.9 cm³/mol. The number of hydrogen-bond acceptors (Lipinski definition) is 5. The first-order valence-corrected chi connectivity index (χ1v) is 7.68. The molecule has 0 saturated carbocycles. The molecule has 0 aliphatic rings. The van der Waals surface area contributed by atoms with Crippen molar-refractivity contribution in [1.29, 1.82) is 0 Å². The summed E-state index contributed by atoms with van der Waals surface area (Å²) in [6.45, 7) is 7.18. The minimum atomic E-state index is 0.487. The Balaban J connectivity index is 2.56. The van der Waals surface area contributed by atoms with Gasteiger partial charge >= 0.3 is 0 Å². The lowest BCUT2D eigenvalue weighted by Crippen LogP contribution is -2.30. The molecule has 0 amide bonds. The molecule has 2 aromatic rings. The summed E-state index contributed by atoms with van der Waals surface area (Å²) in [5.74, 6) is 0.659. The Morgan fingerprint density at radius 3 is 2.90 bits per heavy atom. The molecule has 112 valence electrons. The van der Waals surface area contributed by atoms with Crippen LogP contribution in [-0.4, -0.2) is 37.1 Å². The Labute approximate surface area is 128 Å². The molecule has 4 nitrogen and oxygen atoms in total. The zero-order chi connectivity index (χ0) is 15.4. The van der Waals surface area contributed by atoms with Crippen LogP contribution in [0.3, 0.4) is 0 Å². The molecule has 0 fully saturated rings. The Kier molecular flexibility index (Phi) is 4.98. The van der Waals surface area contributed by atoms with Crippen LogP contribution in [0.25, 0.3) is 22.2 Å². The lowest BCUT2D eigenvalue weighted by molar-refractivity contribution is 0.256. The molecule has 2 N–H and O–H groups in total. The van der Waals surface area contributed by atoms with Gasteiger partial charge in [0.05, 0.1) is 10.7 Å². The van der Waals surface area contributed by atoms with Crippen molar-refractivity contribution in [2.75, 3.05) is 27.2 Å². The van der Waals surface area contributed by atoms with Gasteiger partial charge in [-0.3, -0.25) is 0 Å². The molecule has 0 bridgehead atoms. The second-order valence-electron chi connectivity index (χ2n) is 5.04. The summed E-state index contributed by atoms with van der Waals surface area (Å²) in [5, 5.41) is 4.98. The van der Waals surface area contributed by atoms with Gasteiger partial charge in [-0.15, -0.1) is 11.3 Å². The van der Waals surface area contributed by atoms with E-state index in [4.69, 9.17) is 10.5 Å². The van der Waals surface area contributed by atoms with Gasteiger partial charge in [0.15, 0.2) is 0 Å². The van der Waals surface area contributed by atoms with Crippen LogP contribution >= 0.6 is 11.3 Å². The Bertz CT molecular complexity index is 762. The molecule has 0 saturated heterocycles. The van der Waals surface area contributed by atoms with Gasteiger partial charge in [-0.2, -0.15) is 0 Å². The highest BCUT2D eigenvalue weighted by Crippen LogP contribution is 2.23. The summed E-state index contributed by atoms with van der Waals surface area (Å²) in [6, 6.07) is 2.05. The minimum Gasteiger partial charge on any atom is -0.476 e. The number of likely N-dealkylation sites (N-methyl/N-ethyl adjacent to an activating group) is 1. The van der Waals surface area contributed by atoms with Gasteiger partial charge in [0, 0.05) is 22.2 Å². The van der Waals surface area contributed by atoms with Crippen LogP contribution in [0.15, 0.2) is 23.7 Å². The SMILES string of the molecule is C=C(N)/C=c1/nc(OCCN(C)C)c2ccsc2/c1=C/C. The van der Waals surface area contributed by atoms with Gasteiger partial charge in [0.2, 0.25) is 5.88 Å². The molecular weight excluding hydrogens is 282 g/mol. The van der Waals surface area contributed by atoms with E-state index in [-0.39, 0.29) is 0 Å². The van der Waals surface area contributed by atoms with Crippen LogP contribution in [0.5, 0.6) is 5.88 Å². The van der Waals surface area contributed by atoms with E-state index >= 15 is 0 Å². The third-order valence-electron chi connectivity index (χ3n) is 3.03. The molecule has 2 aromatic heterocycles. The number of thiophene rings is 1. The lowest BCUT2D eigenvalue weighted by atomic mass is 10.2. The molecule has 0 radical (unpaired) electrons. The van der Waals surface area contributed by atoms with Crippen LogP contribution in [0, 0.1) is 0 Å². The van der Waals surface area contributed by atoms with Crippen LogP contribution in [0.2, 0.25) is 0 Å². The van der Waals surface area contributed by atoms with Gasteiger partial charge < -0.3 is 15.4 Å². The fraction of sp³-hybridized carbons (Fsp3) is 0.312. The number of hydrogen-bond donors (Lipinski definition) is 1. The molecule has 0 aliphatic heterocycles. The van der Waals surface area contributed by atoms with E-state index in [1.165, 1.54) is 4.70 Å². The van der Waals surface area contributed by atoms with E-state index in [1.54, 1.807) is 17.4 Å². The molecule has 0 unspecified atom stereocenters. The summed E-state index contributed by atoms with van der Waals surface area (Å²) in [7, 11) is 4.04. The van der Waals surface area contributed by atoms with Gasteiger partial charge in [0.25, 0.3) is 0 Å². The molecular formula is C16H21N3OS. The smallest absolute Gasteiger partial charge is 0.222 e. The van der Waals surface area contributed by atoms with E-state index in [0.717, 1.165) is 22.5 Å². The molecule has 0 atom stereocenters. The predicted octanol–water partition coefficient (Wildman–Crippen LogP) is 1.29. The standard InChI is InChI=1S/C16H21N3OS/c1-5-12-14(10-11(2)17)18-16(20-8-7-19(3)4)13-6-9-21-15(12)13/h5-6,9-10H,2,7-8,17H2,1,3-4H3/b12-5+,14-10+. The second-order valence-corrected chi connectivity index (χ2v) is 5.96. The Morgan fingerprint density at radius 2 is 2.29 bits per heavy atom. The van der Waals surface area contributed by atoms with Crippen molar-refractivity contribution in [2.24, 2.45) is 5.73 Å². The molecule has 0 aromatic carbocycles. The fourth-order valence-corrected chi connectivity index (χ4v) is 3.00. The molecule has 0 aliphatic carbocycles. The number of ether oxygens (including phenoxy) is 1. The first-order valence-electron chi connectivity index (χ1n) is 6.80. The lowest BCUT2D eigenvalue weighted by Gasteiger charge is -2.11. The number of pyridine rings is 1. The van der Waals surface area contributed by atoms with Crippen molar-refractivity contribution in [2.45, 2.75) is 6.92 Å². The van der Waals surface area contributed by atoms with Crippen LogP contribution in [-0.2, 0) is 0 Å². The maximum absolute atomic E-state index is 5.86. The summed E-state index contributed by atoms with van der Waals surface area (Å²) in [6.07, 6.45) is 3.83. The number of allylic oxidation sites excluding steroid dienone is 1. The number of nitrogens with zero attached hydrogens (tertiary/aromatic N) is 2. The first-order chi connectivity index (χ1) is 10.0. The number of rotatable bonds is 5. The highest BCUT2D eigenvalue weighted by Gasteiger charge is 2.08. The average molecular weight is 303 g/mol. The highest BCUT2D eigenvalue weighted by molar-refractivity contribution is 7.17. The highest BCUT2D eigenvalue weighted by atomic mass is 32.1. The molecule has 0 spiro atoms. The quantitative estimate of drug-likeness (QED) is 0.904. The number of aromatic nitrogens is 1. The fourth-order valence-electron chi connectivity index (χ4n) is 2.03. The topological polar surface area (TPSA) is 51.4 Å².